The predicted octanol–water partition coefficient (Wildman–Crippen LogP) is 3.11. The molecule has 0 N–H and O–H groups in total. The molecule has 3 unspecified atom stereocenters. The Kier molecular flexibility index (Phi) is 3.45. The maximum atomic E-state index is 11.6. The Hall–Kier alpha value is -0.670. The molecule has 1 aliphatic rings. The molecule has 16 heavy (non-hydrogen) atoms. The van der Waals surface area contributed by atoms with Crippen LogP contribution in [0.4, 0.5) is 0 Å². The number of hydrogen-bond donors (Lipinski definition) is 0. The van der Waals surface area contributed by atoms with Gasteiger partial charge >= 0.3 is 0 Å². The van der Waals surface area contributed by atoms with Gasteiger partial charge in [0.2, 0.25) is 0 Å². The molecule has 0 aliphatic carbocycles. The normalized spacial score (nSPS) is 29.3. The second-order valence-electron chi connectivity index (χ2n) is 4.72. The molecule has 0 bridgehead atoms. The smallest absolute Gasteiger partial charge is 0.138 e. The van der Waals surface area contributed by atoms with E-state index >= 15 is 0 Å². The van der Waals surface area contributed by atoms with Gasteiger partial charge in [0.05, 0.1) is 0 Å². The van der Waals surface area contributed by atoms with Gasteiger partial charge in [-0.15, -0.1) is 0 Å². The largest absolute Gasteiger partial charge is 0.299 e. The number of Topliss-reactive ketones (excluding diaryl/α,β-unsaturated/α-hetero) is 1. The van der Waals surface area contributed by atoms with Gasteiger partial charge in [0.25, 0.3) is 0 Å². The first-order valence-electron chi connectivity index (χ1n) is 5.92. The maximum Gasteiger partial charge on any atom is 0.138 e. The van der Waals surface area contributed by atoms with E-state index in [1.165, 1.54) is 5.56 Å². The third-order valence-corrected chi connectivity index (χ3v) is 4.60. The highest BCUT2D eigenvalue weighted by Gasteiger charge is 2.33. The molecule has 1 aromatic heterocycles. The minimum absolute atomic E-state index is 0.176. The number of thiophene rings is 1. The molecule has 0 radical (unpaired) electrons. The molecule has 2 heterocycles. The van der Waals surface area contributed by atoms with Crippen LogP contribution in [0.15, 0.2) is 16.8 Å². The Balaban J connectivity index is 2.13. The van der Waals surface area contributed by atoms with Crippen molar-refractivity contribution in [3.05, 3.63) is 22.4 Å². The van der Waals surface area contributed by atoms with E-state index in [2.05, 4.69) is 42.5 Å². The summed E-state index contributed by atoms with van der Waals surface area (Å²) in [4.78, 5) is 14.1. The lowest BCUT2D eigenvalue weighted by atomic mass is 9.89. The number of piperidine rings is 1. The minimum atomic E-state index is 0.176. The standard InChI is InChI=1S/C13H19NOS/c1-9-10(2)14(6-4-13(9)15)11(3)12-5-7-16-8-12/h5,7-11H,4,6H2,1-3H3. The molecule has 3 heteroatoms. The summed E-state index contributed by atoms with van der Waals surface area (Å²) in [7, 11) is 0. The van der Waals surface area contributed by atoms with Gasteiger partial charge in [-0.25, -0.2) is 0 Å². The first kappa shape index (κ1) is 11.8. The Bertz CT molecular complexity index is 360. The molecule has 0 aromatic carbocycles. The van der Waals surface area contributed by atoms with Gasteiger partial charge in [-0.3, -0.25) is 9.69 Å². The predicted molar refractivity (Wildman–Crippen MR) is 67.7 cm³/mol. The molecule has 3 atom stereocenters. The molecule has 0 spiro atoms. The lowest BCUT2D eigenvalue weighted by Crippen LogP contribution is -2.47. The number of carbonyl (C=O) groups excluding carboxylic acids is 1. The third-order valence-electron chi connectivity index (χ3n) is 3.89. The van der Waals surface area contributed by atoms with Crippen molar-refractivity contribution in [1.29, 1.82) is 0 Å². The Morgan fingerprint density at radius 1 is 1.50 bits per heavy atom. The van der Waals surface area contributed by atoms with Crippen molar-refractivity contribution in [3.63, 3.8) is 0 Å². The number of likely N-dealkylation sites (tertiary alicyclic amines) is 1. The van der Waals surface area contributed by atoms with Crippen molar-refractivity contribution >= 4 is 17.1 Å². The van der Waals surface area contributed by atoms with Gasteiger partial charge < -0.3 is 0 Å². The van der Waals surface area contributed by atoms with Crippen molar-refractivity contribution in [2.75, 3.05) is 6.54 Å². The quantitative estimate of drug-likeness (QED) is 0.787. The summed E-state index contributed by atoms with van der Waals surface area (Å²) in [5.74, 6) is 0.594. The molecule has 0 amide bonds. The first-order valence-corrected chi connectivity index (χ1v) is 6.86. The van der Waals surface area contributed by atoms with Crippen LogP contribution in [0.5, 0.6) is 0 Å². The molecule has 1 aliphatic heterocycles. The van der Waals surface area contributed by atoms with Gasteiger partial charge in [-0.2, -0.15) is 11.3 Å². The number of ketones is 1. The maximum absolute atomic E-state index is 11.6. The van der Waals surface area contributed by atoms with Crippen LogP contribution in [-0.2, 0) is 4.79 Å². The van der Waals surface area contributed by atoms with Crippen molar-refractivity contribution in [2.45, 2.75) is 39.3 Å². The second-order valence-corrected chi connectivity index (χ2v) is 5.50. The van der Waals surface area contributed by atoms with E-state index in [1.807, 2.05) is 0 Å². The number of nitrogens with zero attached hydrogens (tertiary/aromatic N) is 1. The number of carbonyl (C=O) groups is 1. The van der Waals surface area contributed by atoms with E-state index in [0.717, 1.165) is 6.54 Å². The van der Waals surface area contributed by atoms with Crippen molar-refractivity contribution in [1.82, 2.24) is 4.90 Å². The molecule has 2 rings (SSSR count). The SMILES string of the molecule is CC1C(=O)CCN(C(C)c2ccsc2)C1C. The molecular formula is C13H19NOS. The highest BCUT2D eigenvalue weighted by atomic mass is 32.1. The van der Waals surface area contributed by atoms with Gasteiger partial charge in [-0.1, -0.05) is 6.92 Å². The summed E-state index contributed by atoms with van der Waals surface area (Å²) >= 11 is 1.74. The summed E-state index contributed by atoms with van der Waals surface area (Å²) in [5, 5.41) is 4.33. The minimum Gasteiger partial charge on any atom is -0.299 e. The fraction of sp³-hybridized carbons (Fsp3) is 0.615. The van der Waals surface area contributed by atoms with Gasteiger partial charge in [0.15, 0.2) is 0 Å². The Morgan fingerprint density at radius 2 is 2.25 bits per heavy atom. The first-order chi connectivity index (χ1) is 7.61. The van der Waals surface area contributed by atoms with Gasteiger partial charge in [0, 0.05) is 31.0 Å². The topological polar surface area (TPSA) is 20.3 Å². The number of rotatable bonds is 2. The van der Waals surface area contributed by atoms with Crippen molar-refractivity contribution in [2.24, 2.45) is 5.92 Å². The zero-order valence-electron chi connectivity index (χ0n) is 10.1. The second kappa shape index (κ2) is 4.68. The number of hydrogen-bond acceptors (Lipinski definition) is 3. The molecule has 2 nitrogen and oxygen atoms in total. The lowest BCUT2D eigenvalue weighted by Gasteiger charge is -2.40. The van der Waals surface area contributed by atoms with Crippen LogP contribution >= 0.6 is 11.3 Å². The molecule has 88 valence electrons. The summed E-state index contributed by atoms with van der Waals surface area (Å²) in [6, 6.07) is 2.97. The Labute approximate surface area is 101 Å². The Morgan fingerprint density at radius 3 is 2.88 bits per heavy atom. The summed E-state index contributed by atoms with van der Waals surface area (Å²) < 4.78 is 0. The van der Waals surface area contributed by atoms with Crippen LogP contribution in [0.25, 0.3) is 0 Å². The van der Waals surface area contributed by atoms with Crippen LogP contribution in [0, 0.1) is 5.92 Å². The van der Waals surface area contributed by atoms with Crippen LogP contribution in [-0.4, -0.2) is 23.3 Å². The van der Waals surface area contributed by atoms with E-state index in [0.29, 0.717) is 24.3 Å². The van der Waals surface area contributed by atoms with E-state index < -0.39 is 0 Å². The van der Waals surface area contributed by atoms with Crippen LogP contribution in [0.3, 0.4) is 0 Å². The molecule has 1 saturated heterocycles. The van der Waals surface area contributed by atoms with E-state index in [1.54, 1.807) is 11.3 Å². The monoisotopic (exact) mass is 237 g/mol. The van der Waals surface area contributed by atoms with Crippen molar-refractivity contribution in [3.8, 4) is 0 Å². The van der Waals surface area contributed by atoms with E-state index in [4.69, 9.17) is 0 Å². The highest BCUT2D eigenvalue weighted by molar-refractivity contribution is 7.07. The fourth-order valence-electron chi connectivity index (χ4n) is 2.48. The highest BCUT2D eigenvalue weighted by Crippen LogP contribution is 2.30. The zero-order chi connectivity index (χ0) is 11.7. The summed E-state index contributed by atoms with van der Waals surface area (Å²) in [5.41, 5.74) is 1.37. The third kappa shape index (κ3) is 2.06. The van der Waals surface area contributed by atoms with E-state index in [9.17, 15) is 4.79 Å². The van der Waals surface area contributed by atoms with Gasteiger partial charge in [0.1, 0.15) is 5.78 Å². The average molecular weight is 237 g/mol. The fourth-order valence-corrected chi connectivity index (χ4v) is 3.22. The van der Waals surface area contributed by atoms with Crippen molar-refractivity contribution < 1.29 is 4.79 Å². The molecule has 1 fully saturated rings. The van der Waals surface area contributed by atoms with Crippen LogP contribution in [0.1, 0.15) is 38.8 Å². The van der Waals surface area contributed by atoms with Crippen LogP contribution < -0.4 is 0 Å². The van der Waals surface area contributed by atoms with Crippen LogP contribution in [0.2, 0.25) is 0 Å². The average Bonchev–Trinajstić information content (AvgIpc) is 2.79. The summed E-state index contributed by atoms with van der Waals surface area (Å²) in [6.45, 7) is 7.37. The lowest BCUT2D eigenvalue weighted by molar-refractivity contribution is -0.128. The zero-order valence-corrected chi connectivity index (χ0v) is 11.0. The molecular weight excluding hydrogens is 218 g/mol. The molecule has 1 aromatic rings. The molecule has 0 saturated carbocycles. The van der Waals surface area contributed by atoms with Gasteiger partial charge in [-0.05, 0) is 36.2 Å². The van der Waals surface area contributed by atoms with E-state index in [-0.39, 0.29) is 5.92 Å². The summed E-state index contributed by atoms with van der Waals surface area (Å²) in [6.07, 6.45) is 0.708.